The van der Waals surface area contributed by atoms with E-state index in [-0.39, 0.29) is 17.4 Å². The Morgan fingerprint density at radius 1 is 1.40 bits per heavy atom. The lowest BCUT2D eigenvalue weighted by Crippen LogP contribution is -2.39. The largest absolute Gasteiger partial charge is 0.466 e. The predicted molar refractivity (Wildman–Crippen MR) is 96.9 cm³/mol. The van der Waals surface area contributed by atoms with Crippen molar-refractivity contribution in [2.45, 2.75) is 45.6 Å². The fourth-order valence-electron chi connectivity index (χ4n) is 3.99. The summed E-state index contributed by atoms with van der Waals surface area (Å²) in [4.78, 5) is 36.6. The van der Waals surface area contributed by atoms with E-state index in [0.717, 1.165) is 48.9 Å². The van der Waals surface area contributed by atoms with E-state index in [2.05, 4.69) is 9.88 Å². The highest BCUT2D eigenvalue weighted by Crippen LogP contribution is 2.34. The van der Waals surface area contributed by atoms with Gasteiger partial charge >= 0.3 is 5.97 Å². The molecule has 4 rings (SSSR count). The molecule has 1 aliphatic heterocycles. The minimum atomic E-state index is -0.112. The van der Waals surface area contributed by atoms with E-state index in [9.17, 15) is 9.59 Å². The van der Waals surface area contributed by atoms with Crippen molar-refractivity contribution in [3.63, 3.8) is 0 Å². The van der Waals surface area contributed by atoms with Gasteiger partial charge in [0.25, 0.3) is 5.56 Å². The van der Waals surface area contributed by atoms with Crippen LogP contribution in [0.15, 0.2) is 4.79 Å². The minimum Gasteiger partial charge on any atom is -0.466 e. The number of aromatic nitrogens is 2. The molecule has 1 aliphatic carbocycles. The van der Waals surface area contributed by atoms with Gasteiger partial charge in [-0.05, 0) is 51.1 Å². The lowest BCUT2D eigenvalue weighted by molar-refractivity contribution is -0.150. The van der Waals surface area contributed by atoms with Gasteiger partial charge in [-0.25, -0.2) is 4.98 Å². The molecule has 0 spiro atoms. The summed E-state index contributed by atoms with van der Waals surface area (Å²) >= 11 is 1.67. The molecule has 3 heterocycles. The van der Waals surface area contributed by atoms with Gasteiger partial charge in [0.05, 0.1) is 24.5 Å². The lowest BCUT2D eigenvalue weighted by atomic mass is 9.98. The van der Waals surface area contributed by atoms with Crippen molar-refractivity contribution in [2.24, 2.45) is 5.92 Å². The fourth-order valence-corrected chi connectivity index (χ4v) is 5.27. The first kappa shape index (κ1) is 16.7. The van der Waals surface area contributed by atoms with Gasteiger partial charge in [-0.2, -0.15) is 0 Å². The van der Waals surface area contributed by atoms with E-state index < -0.39 is 0 Å². The number of nitrogens with zero attached hydrogens (tertiary/aromatic N) is 2. The first-order chi connectivity index (χ1) is 12.2. The van der Waals surface area contributed by atoms with Gasteiger partial charge in [0.1, 0.15) is 10.7 Å². The summed E-state index contributed by atoms with van der Waals surface area (Å²) in [7, 11) is 0. The van der Waals surface area contributed by atoms with Crippen molar-refractivity contribution in [3.05, 3.63) is 26.6 Å². The molecule has 0 bridgehead atoms. The second-order valence-electron chi connectivity index (χ2n) is 6.88. The summed E-state index contributed by atoms with van der Waals surface area (Å²) in [6.07, 6.45) is 5.03. The number of hydrogen-bond acceptors (Lipinski definition) is 6. The standard InChI is InChI=1S/C18H23N3O3S/c1-2-24-18(23)11-5-4-8-21(9-11)10-14-19-16(22)15-12-6-3-7-13(12)25-17(15)20-14/h11H,2-10H2,1H3,(H,19,20,22)/t11-/m1/s1. The van der Waals surface area contributed by atoms with E-state index in [1.165, 1.54) is 10.4 Å². The molecule has 6 nitrogen and oxygen atoms in total. The van der Waals surface area contributed by atoms with Crippen molar-refractivity contribution < 1.29 is 9.53 Å². The van der Waals surface area contributed by atoms with E-state index in [1.54, 1.807) is 11.3 Å². The summed E-state index contributed by atoms with van der Waals surface area (Å²) in [5.41, 5.74) is 1.19. The van der Waals surface area contributed by atoms with Crippen LogP contribution in [0.25, 0.3) is 10.2 Å². The Morgan fingerprint density at radius 3 is 3.12 bits per heavy atom. The third-order valence-corrected chi connectivity index (χ3v) is 6.31. The molecule has 0 unspecified atom stereocenters. The minimum absolute atomic E-state index is 0.0154. The molecule has 134 valence electrons. The van der Waals surface area contributed by atoms with Crippen molar-refractivity contribution >= 4 is 27.5 Å². The second-order valence-corrected chi connectivity index (χ2v) is 7.96. The number of esters is 1. The normalized spacial score (nSPS) is 20.8. The number of ether oxygens (including phenoxy) is 1. The number of carbonyl (C=O) groups excluding carboxylic acids is 1. The van der Waals surface area contributed by atoms with Gasteiger partial charge in [0.15, 0.2) is 0 Å². The zero-order chi connectivity index (χ0) is 17.4. The van der Waals surface area contributed by atoms with E-state index in [1.807, 2.05) is 6.92 Å². The van der Waals surface area contributed by atoms with Crippen LogP contribution in [0.4, 0.5) is 0 Å². The molecule has 0 saturated carbocycles. The zero-order valence-electron chi connectivity index (χ0n) is 14.5. The van der Waals surface area contributed by atoms with E-state index >= 15 is 0 Å². The average molecular weight is 361 g/mol. The Labute approximate surface area is 150 Å². The van der Waals surface area contributed by atoms with Crippen molar-refractivity contribution in [1.29, 1.82) is 0 Å². The van der Waals surface area contributed by atoms with Gasteiger partial charge in [-0.1, -0.05) is 0 Å². The van der Waals surface area contributed by atoms with Crippen molar-refractivity contribution in [2.75, 3.05) is 19.7 Å². The number of likely N-dealkylation sites (tertiary alicyclic amines) is 1. The van der Waals surface area contributed by atoms with Crippen LogP contribution < -0.4 is 5.56 Å². The maximum atomic E-state index is 12.5. The average Bonchev–Trinajstić information content (AvgIpc) is 3.15. The molecule has 0 amide bonds. The first-order valence-corrected chi connectivity index (χ1v) is 9.89. The number of piperidine rings is 1. The summed E-state index contributed by atoms with van der Waals surface area (Å²) in [6.45, 7) is 4.41. The molecule has 0 aromatic carbocycles. The molecule has 1 atom stereocenters. The number of fused-ring (bicyclic) bond motifs is 3. The van der Waals surface area contributed by atoms with Crippen LogP contribution >= 0.6 is 11.3 Å². The van der Waals surface area contributed by atoms with Crippen molar-refractivity contribution in [1.82, 2.24) is 14.9 Å². The summed E-state index contributed by atoms with van der Waals surface area (Å²) < 4.78 is 5.15. The Bertz CT molecular complexity index is 857. The molecule has 0 radical (unpaired) electrons. The fraction of sp³-hybridized carbons (Fsp3) is 0.611. The third-order valence-electron chi connectivity index (χ3n) is 5.12. The smallest absolute Gasteiger partial charge is 0.310 e. The van der Waals surface area contributed by atoms with Crippen LogP contribution in [0.1, 0.15) is 42.5 Å². The van der Waals surface area contributed by atoms with Gasteiger partial charge in [-0.15, -0.1) is 11.3 Å². The molecule has 2 aromatic rings. The number of aromatic amines is 1. The molecule has 1 fully saturated rings. The molecule has 7 heteroatoms. The highest BCUT2D eigenvalue weighted by atomic mass is 32.1. The van der Waals surface area contributed by atoms with Gasteiger partial charge < -0.3 is 9.72 Å². The molecular weight excluding hydrogens is 338 g/mol. The number of H-pyrrole nitrogens is 1. The summed E-state index contributed by atoms with van der Waals surface area (Å²) in [5.74, 6) is 0.510. The number of nitrogens with one attached hydrogen (secondary N) is 1. The number of aryl methyl sites for hydroxylation is 2. The summed E-state index contributed by atoms with van der Waals surface area (Å²) in [5, 5.41) is 0.796. The Hall–Kier alpha value is -1.73. The van der Waals surface area contributed by atoms with Crippen LogP contribution in [-0.2, 0) is 28.9 Å². The molecule has 2 aromatic heterocycles. The highest BCUT2D eigenvalue weighted by molar-refractivity contribution is 7.18. The molecule has 25 heavy (non-hydrogen) atoms. The van der Waals surface area contributed by atoms with Gasteiger partial charge in [0, 0.05) is 11.4 Å². The number of hydrogen-bond donors (Lipinski definition) is 1. The van der Waals surface area contributed by atoms with Gasteiger partial charge in [-0.3, -0.25) is 14.5 Å². The second kappa shape index (κ2) is 6.88. The van der Waals surface area contributed by atoms with Crippen LogP contribution in [0.2, 0.25) is 0 Å². The lowest BCUT2D eigenvalue weighted by Gasteiger charge is -2.30. The van der Waals surface area contributed by atoms with Crippen LogP contribution in [-0.4, -0.2) is 40.5 Å². The SMILES string of the molecule is CCOC(=O)[C@@H]1CCCN(Cc2nc3sc4c(c3c(=O)[nH]2)CCC4)C1. The van der Waals surface area contributed by atoms with Crippen LogP contribution in [0.5, 0.6) is 0 Å². The maximum Gasteiger partial charge on any atom is 0.310 e. The van der Waals surface area contributed by atoms with Crippen molar-refractivity contribution in [3.8, 4) is 0 Å². The number of thiophene rings is 1. The Balaban J connectivity index is 1.53. The third kappa shape index (κ3) is 3.22. The zero-order valence-corrected chi connectivity index (χ0v) is 15.3. The summed E-state index contributed by atoms with van der Waals surface area (Å²) in [6, 6.07) is 0. The Kier molecular flexibility index (Phi) is 4.60. The van der Waals surface area contributed by atoms with Gasteiger partial charge in [0.2, 0.25) is 0 Å². The molecule has 1 saturated heterocycles. The highest BCUT2D eigenvalue weighted by Gasteiger charge is 2.27. The van der Waals surface area contributed by atoms with E-state index in [4.69, 9.17) is 9.72 Å². The van der Waals surface area contributed by atoms with Crippen LogP contribution in [0.3, 0.4) is 0 Å². The first-order valence-electron chi connectivity index (χ1n) is 9.08. The van der Waals surface area contributed by atoms with Crippen LogP contribution in [0, 0.1) is 5.92 Å². The topological polar surface area (TPSA) is 75.3 Å². The predicted octanol–water partition coefficient (Wildman–Crippen LogP) is 2.25. The monoisotopic (exact) mass is 361 g/mol. The quantitative estimate of drug-likeness (QED) is 0.846. The maximum absolute atomic E-state index is 12.5. The molecule has 1 N–H and O–H groups in total. The Morgan fingerprint density at radius 2 is 2.28 bits per heavy atom. The molecular formula is C18H23N3O3S. The molecule has 2 aliphatic rings. The van der Waals surface area contributed by atoms with E-state index in [0.29, 0.717) is 25.5 Å². The number of carbonyl (C=O) groups is 1. The number of rotatable bonds is 4.